The number of benzene rings is 1. The minimum absolute atomic E-state index is 0.449. The molecule has 0 radical (unpaired) electrons. The van der Waals surface area contributed by atoms with E-state index in [-0.39, 0.29) is 0 Å². The number of ether oxygens (including phenoxy) is 1. The number of hydrogen-bond acceptors (Lipinski definition) is 2. The van der Waals surface area contributed by atoms with E-state index in [1.54, 1.807) is 0 Å². The summed E-state index contributed by atoms with van der Waals surface area (Å²) in [6, 6.07) is 8.83. The normalized spacial score (nSPS) is 11.9. The summed E-state index contributed by atoms with van der Waals surface area (Å²) in [7, 11) is -1.08. The van der Waals surface area contributed by atoms with Gasteiger partial charge in [0.1, 0.15) is 21.8 Å². The van der Waals surface area contributed by atoms with Gasteiger partial charge in [-0.2, -0.15) is 0 Å². The number of rotatable bonds is 6. The topological polar surface area (TPSA) is 27.1 Å². The molecule has 22 heavy (non-hydrogen) atoms. The van der Waals surface area contributed by atoms with Gasteiger partial charge in [0.15, 0.2) is 0 Å². The van der Waals surface area contributed by atoms with E-state index in [0.29, 0.717) is 11.8 Å². The largest absolute Gasteiger partial charge is 0.361 e. The maximum atomic E-state index is 6.29. The maximum Gasteiger partial charge on any atom is 0.145 e. The number of nitrogens with zero attached hydrogens (tertiary/aromatic N) is 2. The molecule has 1 aromatic carbocycles. The summed E-state index contributed by atoms with van der Waals surface area (Å²) in [6.07, 6.45) is 0. The Hall–Kier alpha value is -0.143. The van der Waals surface area contributed by atoms with Gasteiger partial charge in [0.05, 0.1) is 5.02 Å². The van der Waals surface area contributed by atoms with E-state index in [0.717, 1.165) is 33.2 Å². The molecule has 0 amide bonds. The van der Waals surface area contributed by atoms with Crippen LogP contribution in [0.25, 0.3) is 11.4 Å². The average molecular weight is 467 g/mol. The predicted molar refractivity (Wildman–Crippen MR) is 102 cm³/mol. The molecule has 0 N–H and O–H groups in total. The molecular weight excluding hydrogens is 448 g/mol. The molecule has 0 aliphatic heterocycles. The molecule has 7 heteroatoms. The van der Waals surface area contributed by atoms with Gasteiger partial charge >= 0.3 is 0 Å². The van der Waals surface area contributed by atoms with Gasteiger partial charge in [0.25, 0.3) is 0 Å². The summed E-state index contributed by atoms with van der Waals surface area (Å²) >= 11 is 13.3. The van der Waals surface area contributed by atoms with Crippen molar-refractivity contribution >= 4 is 51.5 Å². The molecule has 0 spiro atoms. The fourth-order valence-electron chi connectivity index (χ4n) is 1.90. The SMILES string of the molecule is C[Si](C)(C)CCOCn1c(-c2ccccc2Cl)nc(Br)c1Br. The van der Waals surface area contributed by atoms with Crippen molar-refractivity contribution in [3.63, 3.8) is 0 Å². The van der Waals surface area contributed by atoms with Crippen LogP contribution in [-0.4, -0.2) is 24.2 Å². The summed E-state index contributed by atoms with van der Waals surface area (Å²) in [6.45, 7) is 8.24. The van der Waals surface area contributed by atoms with Gasteiger partial charge in [-0.3, -0.25) is 4.57 Å². The van der Waals surface area contributed by atoms with Crippen LogP contribution in [0.4, 0.5) is 0 Å². The molecule has 0 saturated heterocycles. The van der Waals surface area contributed by atoms with Crippen LogP contribution in [0.15, 0.2) is 33.5 Å². The van der Waals surface area contributed by atoms with Crippen LogP contribution in [0.1, 0.15) is 0 Å². The van der Waals surface area contributed by atoms with Crippen molar-refractivity contribution < 1.29 is 4.74 Å². The van der Waals surface area contributed by atoms with E-state index >= 15 is 0 Å². The van der Waals surface area contributed by atoms with Crippen LogP contribution in [0.2, 0.25) is 30.7 Å². The Bertz CT molecular complexity index is 655. The highest BCUT2D eigenvalue weighted by Gasteiger charge is 2.18. The standard InChI is InChI=1S/C15H19Br2ClN2OSi/c1-22(2,3)9-8-21-10-20-14(17)13(16)19-15(20)11-6-4-5-7-12(11)18/h4-7H,8-10H2,1-3H3. The Kier molecular flexibility index (Phi) is 6.30. The second kappa shape index (κ2) is 7.62. The Balaban J connectivity index is 2.19. The fraction of sp³-hybridized carbons (Fsp3) is 0.400. The third kappa shape index (κ3) is 4.68. The van der Waals surface area contributed by atoms with Gasteiger partial charge in [-0.1, -0.05) is 43.4 Å². The molecule has 0 fully saturated rings. The van der Waals surface area contributed by atoms with Crippen LogP contribution in [0.5, 0.6) is 0 Å². The highest BCUT2D eigenvalue weighted by molar-refractivity contribution is 9.13. The smallest absolute Gasteiger partial charge is 0.145 e. The molecule has 2 aromatic rings. The number of imidazole rings is 1. The zero-order valence-corrected chi connectivity index (χ0v) is 17.8. The van der Waals surface area contributed by atoms with Crippen LogP contribution in [0, 0.1) is 0 Å². The molecule has 0 saturated carbocycles. The Labute approximate surface area is 154 Å². The van der Waals surface area contributed by atoms with Gasteiger partial charge in [0, 0.05) is 20.2 Å². The van der Waals surface area contributed by atoms with Crippen molar-refractivity contribution in [1.29, 1.82) is 0 Å². The Morgan fingerprint density at radius 3 is 2.55 bits per heavy atom. The third-order valence-electron chi connectivity index (χ3n) is 3.20. The number of hydrogen-bond donors (Lipinski definition) is 0. The van der Waals surface area contributed by atoms with Crippen molar-refractivity contribution in [1.82, 2.24) is 9.55 Å². The highest BCUT2D eigenvalue weighted by Crippen LogP contribution is 2.33. The van der Waals surface area contributed by atoms with Crippen LogP contribution >= 0.6 is 43.5 Å². The molecule has 0 atom stereocenters. The first-order chi connectivity index (χ1) is 10.3. The molecule has 3 nitrogen and oxygen atoms in total. The van der Waals surface area contributed by atoms with Crippen molar-refractivity contribution in [2.45, 2.75) is 32.4 Å². The number of aromatic nitrogens is 2. The molecular formula is C15H19Br2ClN2OSi. The summed E-state index contributed by atoms with van der Waals surface area (Å²) in [4.78, 5) is 4.55. The fourth-order valence-corrected chi connectivity index (χ4v) is 3.62. The van der Waals surface area contributed by atoms with E-state index in [2.05, 4.69) is 56.5 Å². The highest BCUT2D eigenvalue weighted by atomic mass is 79.9. The van der Waals surface area contributed by atoms with Gasteiger partial charge in [-0.15, -0.1) is 0 Å². The minimum atomic E-state index is -1.08. The van der Waals surface area contributed by atoms with Crippen LogP contribution in [0.3, 0.4) is 0 Å². The van der Waals surface area contributed by atoms with E-state index in [9.17, 15) is 0 Å². The second-order valence-corrected chi connectivity index (χ2v) is 13.8. The zero-order chi connectivity index (χ0) is 16.3. The summed E-state index contributed by atoms with van der Waals surface area (Å²) in [5.41, 5.74) is 0.893. The monoisotopic (exact) mass is 464 g/mol. The lowest BCUT2D eigenvalue weighted by Gasteiger charge is -2.16. The van der Waals surface area contributed by atoms with Crippen LogP contribution < -0.4 is 0 Å². The van der Waals surface area contributed by atoms with Gasteiger partial charge < -0.3 is 4.74 Å². The lowest BCUT2D eigenvalue weighted by atomic mass is 10.2. The van der Waals surface area contributed by atoms with E-state index in [4.69, 9.17) is 16.3 Å². The summed E-state index contributed by atoms with van der Waals surface area (Å²) < 4.78 is 9.44. The molecule has 120 valence electrons. The zero-order valence-electron chi connectivity index (χ0n) is 12.9. The van der Waals surface area contributed by atoms with Crippen molar-refractivity contribution in [2.75, 3.05) is 6.61 Å². The molecule has 2 rings (SSSR count). The summed E-state index contributed by atoms with van der Waals surface area (Å²) in [5, 5.41) is 0.677. The number of halogens is 3. The van der Waals surface area contributed by atoms with Gasteiger partial charge in [0.2, 0.25) is 0 Å². The van der Waals surface area contributed by atoms with Gasteiger partial charge in [-0.05, 0) is 50.0 Å². The maximum absolute atomic E-state index is 6.29. The molecule has 0 aliphatic carbocycles. The van der Waals surface area contributed by atoms with Crippen molar-refractivity contribution in [3.05, 3.63) is 38.5 Å². The summed E-state index contributed by atoms with van der Waals surface area (Å²) in [5.74, 6) is 0.789. The Morgan fingerprint density at radius 2 is 1.91 bits per heavy atom. The first kappa shape index (κ1) is 18.2. The van der Waals surface area contributed by atoms with Crippen molar-refractivity contribution in [2.24, 2.45) is 0 Å². The van der Waals surface area contributed by atoms with Crippen molar-refractivity contribution in [3.8, 4) is 11.4 Å². The minimum Gasteiger partial charge on any atom is -0.361 e. The quantitative estimate of drug-likeness (QED) is 0.383. The Morgan fingerprint density at radius 1 is 1.23 bits per heavy atom. The molecule has 1 aromatic heterocycles. The van der Waals surface area contributed by atoms with E-state index in [1.165, 1.54) is 0 Å². The first-order valence-corrected chi connectivity index (χ1v) is 12.7. The lowest BCUT2D eigenvalue weighted by molar-refractivity contribution is 0.0868. The first-order valence-electron chi connectivity index (χ1n) is 7.04. The molecule has 0 unspecified atom stereocenters. The molecule has 0 bridgehead atoms. The third-order valence-corrected chi connectivity index (χ3v) is 7.12. The molecule has 0 aliphatic rings. The van der Waals surface area contributed by atoms with E-state index in [1.807, 2.05) is 28.8 Å². The van der Waals surface area contributed by atoms with Crippen LogP contribution in [-0.2, 0) is 11.5 Å². The second-order valence-electron chi connectivity index (χ2n) is 6.27. The molecule has 1 heterocycles. The predicted octanol–water partition coefficient (Wildman–Crippen LogP) is 6.04. The average Bonchev–Trinajstić information content (AvgIpc) is 2.71. The van der Waals surface area contributed by atoms with Gasteiger partial charge in [-0.25, -0.2) is 4.98 Å². The lowest BCUT2D eigenvalue weighted by Crippen LogP contribution is -2.22. The van der Waals surface area contributed by atoms with E-state index < -0.39 is 8.07 Å².